The lowest BCUT2D eigenvalue weighted by atomic mass is 10.2. The first-order chi connectivity index (χ1) is 12.5. The normalized spacial score (nSPS) is 10.8. The van der Waals surface area contributed by atoms with Gasteiger partial charge in [0, 0.05) is 12.1 Å². The molecule has 0 fully saturated rings. The molecule has 0 amide bonds. The number of carbonyl (C=O) groups is 1. The Morgan fingerprint density at radius 3 is 2.12 bits per heavy atom. The summed E-state index contributed by atoms with van der Waals surface area (Å²) in [6.45, 7) is 4.73. The minimum atomic E-state index is -0.0494. The number of ether oxygens (including phenoxy) is 4. The monoisotopic (exact) mass is 376 g/mol. The molecule has 2 rings (SSSR count). The van der Waals surface area contributed by atoms with Crippen LogP contribution in [0.3, 0.4) is 0 Å². The molecular weight excluding hydrogens is 351 g/mol. The Morgan fingerprint density at radius 2 is 1.62 bits per heavy atom. The number of carbonyl (C=O) groups excluding carboxylic acids is 1. The summed E-state index contributed by atoms with van der Waals surface area (Å²) in [7, 11) is 4.57. The smallest absolute Gasteiger partial charge is 0.193 e. The lowest BCUT2D eigenvalue weighted by Crippen LogP contribution is -2.08. The summed E-state index contributed by atoms with van der Waals surface area (Å²) in [5, 5.41) is 0.971. The van der Waals surface area contributed by atoms with Crippen LogP contribution in [-0.4, -0.2) is 33.5 Å². The number of hydrogen-bond acceptors (Lipinski definition) is 5. The van der Waals surface area contributed by atoms with E-state index in [1.165, 1.54) is 14.2 Å². The molecule has 0 N–H and O–H groups in total. The second kappa shape index (κ2) is 9.44. The molecule has 0 aromatic heterocycles. The molecule has 2 aromatic rings. The van der Waals surface area contributed by atoms with Crippen molar-refractivity contribution in [3.8, 4) is 23.0 Å². The Balaban J connectivity index is 2.30. The summed E-state index contributed by atoms with van der Waals surface area (Å²) in [4.78, 5) is 13.0. The fourth-order valence-electron chi connectivity index (χ4n) is 2.50. The molecule has 0 saturated carbocycles. The van der Waals surface area contributed by atoms with Crippen molar-refractivity contribution in [2.75, 3.05) is 27.9 Å². The van der Waals surface area contributed by atoms with Crippen LogP contribution in [0.15, 0.2) is 30.3 Å². The Morgan fingerprint density at radius 1 is 0.962 bits per heavy atom. The van der Waals surface area contributed by atoms with Crippen LogP contribution in [-0.2, 0) is 0 Å². The highest BCUT2D eigenvalue weighted by Gasteiger charge is 2.21. The van der Waals surface area contributed by atoms with Gasteiger partial charge in [0.25, 0.3) is 0 Å². The molecule has 0 bridgehead atoms. The van der Waals surface area contributed by atoms with Crippen LogP contribution in [0.5, 0.6) is 23.0 Å². The van der Waals surface area contributed by atoms with Gasteiger partial charge in [-0.3, -0.25) is 4.79 Å². The van der Waals surface area contributed by atoms with Crippen molar-refractivity contribution in [1.29, 1.82) is 0 Å². The van der Waals surface area contributed by atoms with E-state index in [4.69, 9.17) is 18.9 Å². The maximum atomic E-state index is 13.0. The SMILES string of the molecule is CCCOc1ccc(PC(=O)c2c(OC)cc(OC)cc2OC)c(C)c1. The predicted octanol–water partition coefficient (Wildman–Crippen LogP) is 3.95. The fraction of sp³-hybridized carbons (Fsp3) is 0.350. The molecule has 0 saturated heterocycles. The van der Waals surface area contributed by atoms with Crippen molar-refractivity contribution in [3.05, 3.63) is 41.5 Å². The van der Waals surface area contributed by atoms with Crippen LogP contribution < -0.4 is 24.3 Å². The minimum absolute atomic E-state index is 0.0458. The van der Waals surface area contributed by atoms with E-state index < -0.39 is 0 Å². The third kappa shape index (κ3) is 4.67. The third-order valence-electron chi connectivity index (χ3n) is 3.86. The lowest BCUT2D eigenvalue weighted by Gasteiger charge is -2.15. The summed E-state index contributed by atoms with van der Waals surface area (Å²) in [5.74, 6) is 2.29. The highest BCUT2D eigenvalue weighted by molar-refractivity contribution is 7.66. The zero-order valence-electron chi connectivity index (χ0n) is 15.8. The molecule has 0 aliphatic rings. The van der Waals surface area contributed by atoms with Crippen LogP contribution in [0.2, 0.25) is 0 Å². The highest BCUT2D eigenvalue weighted by atomic mass is 31.1. The fourth-order valence-corrected chi connectivity index (χ4v) is 3.55. The van der Waals surface area contributed by atoms with Gasteiger partial charge in [-0.1, -0.05) is 13.0 Å². The second-order valence-electron chi connectivity index (χ2n) is 5.69. The molecule has 26 heavy (non-hydrogen) atoms. The molecule has 1 unspecified atom stereocenters. The first-order valence-electron chi connectivity index (χ1n) is 8.38. The minimum Gasteiger partial charge on any atom is -0.496 e. The van der Waals surface area contributed by atoms with Crippen molar-refractivity contribution in [2.45, 2.75) is 20.3 Å². The summed E-state index contributed by atoms with van der Waals surface area (Å²) in [6, 6.07) is 9.19. The molecule has 0 spiro atoms. The quantitative estimate of drug-likeness (QED) is 0.620. The summed E-state index contributed by atoms with van der Waals surface area (Å²) in [5.41, 5.74) is 1.41. The molecule has 0 aliphatic carbocycles. The zero-order chi connectivity index (χ0) is 19.1. The average molecular weight is 376 g/mol. The Kier molecular flexibility index (Phi) is 7.28. The van der Waals surface area contributed by atoms with E-state index in [2.05, 4.69) is 6.92 Å². The van der Waals surface area contributed by atoms with Gasteiger partial charge < -0.3 is 18.9 Å². The van der Waals surface area contributed by atoms with Gasteiger partial charge >= 0.3 is 0 Å². The van der Waals surface area contributed by atoms with Crippen molar-refractivity contribution < 1.29 is 23.7 Å². The first-order valence-corrected chi connectivity index (χ1v) is 9.38. The van der Waals surface area contributed by atoms with Crippen LogP contribution in [0.25, 0.3) is 0 Å². The van der Waals surface area contributed by atoms with E-state index in [1.807, 2.05) is 25.1 Å². The van der Waals surface area contributed by atoms with Gasteiger partial charge in [0.15, 0.2) is 5.52 Å². The molecule has 6 heteroatoms. The molecule has 0 aliphatic heterocycles. The largest absolute Gasteiger partial charge is 0.496 e. The summed E-state index contributed by atoms with van der Waals surface area (Å²) in [6.07, 6.45) is 0.956. The van der Waals surface area contributed by atoms with Crippen molar-refractivity contribution in [1.82, 2.24) is 0 Å². The van der Waals surface area contributed by atoms with Gasteiger partial charge in [-0.2, -0.15) is 0 Å². The number of hydrogen-bond donors (Lipinski definition) is 0. The zero-order valence-corrected chi connectivity index (χ0v) is 16.8. The second-order valence-corrected chi connectivity index (χ2v) is 6.93. The summed E-state index contributed by atoms with van der Waals surface area (Å²) < 4.78 is 21.6. The van der Waals surface area contributed by atoms with Crippen LogP contribution in [0.1, 0.15) is 29.3 Å². The molecule has 5 nitrogen and oxygen atoms in total. The first kappa shape index (κ1) is 20.1. The average Bonchev–Trinajstić information content (AvgIpc) is 2.66. The number of benzene rings is 2. The Hall–Kier alpha value is -2.26. The van der Waals surface area contributed by atoms with Gasteiger partial charge in [-0.05, 0) is 44.9 Å². The van der Waals surface area contributed by atoms with Gasteiger partial charge in [-0.25, -0.2) is 0 Å². The van der Waals surface area contributed by atoms with E-state index in [0.29, 0.717) is 29.4 Å². The van der Waals surface area contributed by atoms with Gasteiger partial charge in [0.1, 0.15) is 28.6 Å². The number of aryl methyl sites for hydroxylation is 1. The topological polar surface area (TPSA) is 54.0 Å². The Labute approximate surface area is 156 Å². The number of methoxy groups -OCH3 is 3. The third-order valence-corrected chi connectivity index (χ3v) is 5.17. The molecule has 1 atom stereocenters. The van der Waals surface area contributed by atoms with Gasteiger partial charge in [0.05, 0.1) is 27.9 Å². The van der Waals surface area contributed by atoms with Gasteiger partial charge in [-0.15, -0.1) is 0 Å². The van der Waals surface area contributed by atoms with Crippen LogP contribution >= 0.6 is 8.58 Å². The molecule has 0 radical (unpaired) electrons. The maximum absolute atomic E-state index is 13.0. The van der Waals surface area contributed by atoms with E-state index in [-0.39, 0.29) is 14.1 Å². The standard InChI is InChI=1S/C20H25O5P/c1-6-9-25-14-7-8-18(13(2)10-14)26-20(21)19-16(23-4)11-15(22-3)12-17(19)24-5/h7-8,10-12,26H,6,9H2,1-5H3. The Bertz CT molecular complexity index is 748. The lowest BCUT2D eigenvalue weighted by molar-refractivity contribution is 0.108. The van der Waals surface area contributed by atoms with E-state index in [1.54, 1.807) is 19.2 Å². The van der Waals surface area contributed by atoms with Crippen LogP contribution in [0, 0.1) is 6.92 Å². The number of rotatable bonds is 9. The summed E-state index contributed by atoms with van der Waals surface area (Å²) >= 11 is 0. The van der Waals surface area contributed by atoms with Crippen molar-refractivity contribution in [3.63, 3.8) is 0 Å². The maximum Gasteiger partial charge on any atom is 0.193 e. The molecule has 0 heterocycles. The highest BCUT2D eigenvalue weighted by Crippen LogP contribution is 2.38. The van der Waals surface area contributed by atoms with Crippen molar-refractivity contribution >= 4 is 19.4 Å². The van der Waals surface area contributed by atoms with Crippen molar-refractivity contribution in [2.24, 2.45) is 0 Å². The van der Waals surface area contributed by atoms with Crippen LogP contribution in [0.4, 0.5) is 0 Å². The van der Waals surface area contributed by atoms with E-state index in [9.17, 15) is 4.79 Å². The molecule has 140 valence electrons. The van der Waals surface area contributed by atoms with E-state index >= 15 is 0 Å². The van der Waals surface area contributed by atoms with E-state index in [0.717, 1.165) is 23.0 Å². The predicted molar refractivity (Wildman–Crippen MR) is 105 cm³/mol. The van der Waals surface area contributed by atoms with Gasteiger partial charge in [0.2, 0.25) is 0 Å². The molecule has 2 aromatic carbocycles. The molecular formula is C20H25O5P.